The minimum atomic E-state index is -3.49. The van der Waals surface area contributed by atoms with Gasteiger partial charge in [0.05, 0.1) is 18.5 Å². The number of benzene rings is 4. The van der Waals surface area contributed by atoms with E-state index >= 15 is 0 Å². The molecule has 5 nitrogen and oxygen atoms in total. The first-order valence-electron chi connectivity index (χ1n) is 11.7. The zero-order valence-electron chi connectivity index (χ0n) is 20.1. The first-order valence-corrected chi connectivity index (χ1v) is 13.5. The Bertz CT molecular complexity index is 1550. The van der Waals surface area contributed by atoms with Crippen LogP contribution in [0.3, 0.4) is 0 Å². The van der Waals surface area contributed by atoms with Gasteiger partial charge in [0, 0.05) is 16.6 Å². The molecule has 0 radical (unpaired) electrons. The second-order valence-electron chi connectivity index (χ2n) is 9.32. The van der Waals surface area contributed by atoms with Gasteiger partial charge in [0.1, 0.15) is 0 Å². The van der Waals surface area contributed by atoms with E-state index < -0.39 is 10.0 Å². The molecule has 0 unspecified atom stereocenters. The van der Waals surface area contributed by atoms with Gasteiger partial charge in [-0.15, -0.1) is 0 Å². The fourth-order valence-electron chi connectivity index (χ4n) is 4.94. The van der Waals surface area contributed by atoms with Crippen LogP contribution in [-0.4, -0.2) is 20.6 Å². The summed E-state index contributed by atoms with van der Waals surface area (Å²) in [4.78, 5) is 13.0. The zero-order valence-corrected chi connectivity index (χ0v) is 20.9. The van der Waals surface area contributed by atoms with Crippen molar-refractivity contribution in [1.82, 2.24) is 0 Å². The van der Waals surface area contributed by atoms with Crippen LogP contribution in [-0.2, 0) is 29.4 Å². The normalized spacial score (nSPS) is 12.7. The molecule has 0 aromatic heterocycles. The van der Waals surface area contributed by atoms with Crippen molar-refractivity contribution < 1.29 is 13.2 Å². The van der Waals surface area contributed by atoms with Crippen LogP contribution >= 0.6 is 0 Å². The summed E-state index contributed by atoms with van der Waals surface area (Å²) < 4.78 is 26.6. The number of sulfonamides is 1. The highest BCUT2D eigenvalue weighted by Gasteiger charge is 2.20. The van der Waals surface area contributed by atoms with Gasteiger partial charge in [-0.2, -0.15) is 0 Å². The Hall–Kier alpha value is -3.64. The Morgan fingerprint density at radius 2 is 1.63 bits per heavy atom. The quantitative estimate of drug-likeness (QED) is 0.378. The van der Waals surface area contributed by atoms with E-state index in [-0.39, 0.29) is 12.5 Å². The maximum atomic E-state index is 13.0. The highest BCUT2D eigenvalue weighted by atomic mass is 32.2. The predicted octanol–water partition coefficient (Wildman–Crippen LogP) is 5.77. The van der Waals surface area contributed by atoms with Crippen molar-refractivity contribution in [1.29, 1.82) is 0 Å². The van der Waals surface area contributed by atoms with Gasteiger partial charge in [-0.05, 0) is 78.6 Å². The Labute approximate surface area is 206 Å². The van der Waals surface area contributed by atoms with Crippen LogP contribution in [0.15, 0.2) is 72.8 Å². The van der Waals surface area contributed by atoms with Gasteiger partial charge in [0.2, 0.25) is 10.0 Å². The van der Waals surface area contributed by atoms with Crippen LogP contribution in [0.2, 0.25) is 0 Å². The molecule has 6 heteroatoms. The molecule has 0 saturated carbocycles. The molecule has 178 valence electrons. The number of aryl methyl sites for hydroxylation is 4. The largest absolute Gasteiger partial charge is 0.321 e. The number of rotatable bonds is 6. The number of hydrogen-bond donors (Lipinski definition) is 1. The molecular weight excluding hydrogens is 456 g/mol. The van der Waals surface area contributed by atoms with Crippen LogP contribution in [0, 0.1) is 13.8 Å². The van der Waals surface area contributed by atoms with Gasteiger partial charge in [0.25, 0.3) is 5.91 Å². The van der Waals surface area contributed by atoms with Crippen LogP contribution in [0.5, 0.6) is 0 Å². The predicted molar refractivity (Wildman–Crippen MR) is 143 cm³/mol. The van der Waals surface area contributed by atoms with E-state index in [9.17, 15) is 13.2 Å². The van der Waals surface area contributed by atoms with Crippen molar-refractivity contribution >= 4 is 38.1 Å². The van der Waals surface area contributed by atoms with E-state index in [4.69, 9.17) is 0 Å². The topological polar surface area (TPSA) is 66.5 Å². The lowest BCUT2D eigenvalue weighted by Gasteiger charge is -2.24. The maximum absolute atomic E-state index is 13.0. The van der Waals surface area contributed by atoms with Crippen molar-refractivity contribution in [2.45, 2.75) is 33.2 Å². The molecule has 35 heavy (non-hydrogen) atoms. The molecule has 1 aliphatic carbocycles. The number of nitrogens with one attached hydrogen (secondary N) is 1. The van der Waals surface area contributed by atoms with Crippen LogP contribution in [0.1, 0.15) is 38.2 Å². The lowest BCUT2D eigenvalue weighted by Crippen LogP contribution is -2.30. The Morgan fingerprint density at radius 1 is 0.914 bits per heavy atom. The van der Waals surface area contributed by atoms with E-state index in [0.29, 0.717) is 11.3 Å². The fourth-order valence-corrected chi connectivity index (χ4v) is 5.89. The minimum Gasteiger partial charge on any atom is -0.321 e. The van der Waals surface area contributed by atoms with Crippen molar-refractivity contribution in [2.24, 2.45) is 0 Å². The third-order valence-corrected chi connectivity index (χ3v) is 7.82. The Kier molecular flexibility index (Phi) is 5.85. The molecule has 4 aromatic carbocycles. The number of nitrogens with zero attached hydrogens (tertiary/aromatic N) is 1. The molecule has 0 spiro atoms. The number of amides is 1. The van der Waals surface area contributed by atoms with Crippen molar-refractivity contribution in [2.75, 3.05) is 15.9 Å². The minimum absolute atomic E-state index is 0.190. The smallest absolute Gasteiger partial charge is 0.255 e. The summed E-state index contributed by atoms with van der Waals surface area (Å²) >= 11 is 0. The third-order valence-electron chi connectivity index (χ3n) is 6.69. The van der Waals surface area contributed by atoms with Crippen LogP contribution in [0.25, 0.3) is 10.8 Å². The molecule has 5 rings (SSSR count). The molecule has 1 aliphatic rings. The molecule has 0 heterocycles. The molecule has 0 saturated heterocycles. The molecule has 0 fully saturated rings. The van der Waals surface area contributed by atoms with Crippen molar-refractivity contribution in [3.05, 3.63) is 106 Å². The zero-order chi connectivity index (χ0) is 24.7. The number of hydrogen-bond acceptors (Lipinski definition) is 3. The molecular formula is C29H28N2O3S. The molecule has 1 N–H and O–H groups in total. The summed E-state index contributed by atoms with van der Waals surface area (Å²) in [5, 5.41) is 5.39. The summed E-state index contributed by atoms with van der Waals surface area (Å²) in [7, 11) is -3.49. The molecule has 0 atom stereocenters. The van der Waals surface area contributed by atoms with Crippen LogP contribution in [0.4, 0.5) is 11.4 Å². The molecule has 4 aromatic rings. The summed E-state index contributed by atoms with van der Waals surface area (Å²) in [5.74, 6) is -0.190. The summed E-state index contributed by atoms with van der Waals surface area (Å²) in [6.07, 6.45) is 3.29. The van der Waals surface area contributed by atoms with E-state index in [0.717, 1.165) is 40.6 Å². The van der Waals surface area contributed by atoms with Gasteiger partial charge in [-0.1, -0.05) is 54.1 Å². The van der Waals surface area contributed by atoms with E-state index in [1.54, 1.807) is 12.1 Å². The monoisotopic (exact) mass is 484 g/mol. The van der Waals surface area contributed by atoms with Crippen LogP contribution < -0.4 is 9.62 Å². The van der Waals surface area contributed by atoms with Crippen molar-refractivity contribution in [3.63, 3.8) is 0 Å². The second kappa shape index (κ2) is 8.86. The van der Waals surface area contributed by atoms with Gasteiger partial charge in [-0.25, -0.2) is 8.42 Å². The van der Waals surface area contributed by atoms with Crippen molar-refractivity contribution in [3.8, 4) is 0 Å². The third kappa shape index (κ3) is 4.54. The Morgan fingerprint density at radius 3 is 2.31 bits per heavy atom. The average Bonchev–Trinajstić information content (AvgIpc) is 3.24. The highest BCUT2D eigenvalue weighted by molar-refractivity contribution is 7.92. The Balaban J connectivity index is 1.37. The molecule has 0 aliphatic heterocycles. The van der Waals surface area contributed by atoms with Gasteiger partial charge < -0.3 is 5.32 Å². The fraction of sp³-hybridized carbons (Fsp3) is 0.207. The number of carbonyl (C=O) groups is 1. The summed E-state index contributed by atoms with van der Waals surface area (Å²) in [6.45, 7) is 4.09. The molecule has 0 bridgehead atoms. The standard InChI is InChI=1S/C29H28N2O3S/c1-19-7-16-27(20(2)17-19)31(35(3,33)34)18-21-8-10-24(11-9-21)29(32)30-26-15-14-23-13-12-22-5-4-6-25(26)28(22)23/h4-11,14-17H,12-13,18H2,1-3H3,(H,30,32). The SMILES string of the molecule is Cc1ccc(N(Cc2ccc(C(=O)Nc3ccc4c5c(cccc35)CC4)cc2)S(C)(=O)=O)c(C)c1. The average molecular weight is 485 g/mol. The lowest BCUT2D eigenvalue weighted by molar-refractivity contribution is 0.102. The maximum Gasteiger partial charge on any atom is 0.255 e. The lowest BCUT2D eigenvalue weighted by atomic mass is 10.0. The second-order valence-corrected chi connectivity index (χ2v) is 11.2. The van der Waals surface area contributed by atoms with E-state index in [1.807, 2.05) is 56.3 Å². The van der Waals surface area contributed by atoms with Gasteiger partial charge in [-0.3, -0.25) is 9.10 Å². The first-order chi connectivity index (χ1) is 16.7. The van der Waals surface area contributed by atoms with E-state index in [2.05, 4.69) is 23.5 Å². The summed E-state index contributed by atoms with van der Waals surface area (Å²) in [6, 6.07) is 23.2. The molecule has 1 amide bonds. The van der Waals surface area contributed by atoms with Gasteiger partial charge in [0.15, 0.2) is 0 Å². The van der Waals surface area contributed by atoms with Gasteiger partial charge >= 0.3 is 0 Å². The summed E-state index contributed by atoms with van der Waals surface area (Å²) in [5.41, 5.74) is 7.43. The first kappa shape index (κ1) is 23.1. The van der Waals surface area contributed by atoms with E-state index in [1.165, 1.54) is 27.1 Å². The number of carbonyl (C=O) groups excluding carboxylic acids is 1. The highest BCUT2D eigenvalue weighted by Crippen LogP contribution is 2.35. The number of anilines is 2.